The molecule has 4 rings (SSSR count). The number of phenols is 1. The fraction of sp³-hybridized carbons (Fsp3) is 0.241. The second kappa shape index (κ2) is 12.4. The van der Waals surface area contributed by atoms with Gasteiger partial charge >= 0.3 is 0 Å². The summed E-state index contributed by atoms with van der Waals surface area (Å²) in [6.45, 7) is -0.0262. The largest absolute Gasteiger partial charge is 0.508 e. The van der Waals surface area contributed by atoms with Gasteiger partial charge in [0.25, 0.3) is 5.91 Å². The van der Waals surface area contributed by atoms with Gasteiger partial charge in [0.05, 0.1) is 6.54 Å². The highest BCUT2D eigenvalue weighted by Gasteiger charge is 2.31. The Kier molecular flexibility index (Phi) is 8.83. The molecule has 3 aromatic rings. The van der Waals surface area contributed by atoms with Gasteiger partial charge in [0.1, 0.15) is 18.3 Å². The fourth-order valence-corrected chi connectivity index (χ4v) is 4.49. The number of nitrogens with zero attached hydrogens (tertiary/aromatic N) is 3. The van der Waals surface area contributed by atoms with E-state index in [1.807, 2.05) is 30.3 Å². The molecule has 0 radical (unpaired) electrons. The number of rotatable bonds is 8. The summed E-state index contributed by atoms with van der Waals surface area (Å²) in [7, 11) is 1.63. The molecule has 0 saturated carbocycles. The van der Waals surface area contributed by atoms with Crippen LogP contribution < -0.4 is 10.2 Å². The van der Waals surface area contributed by atoms with E-state index < -0.39 is 11.9 Å². The predicted octanol–water partition coefficient (Wildman–Crippen LogP) is 2.72. The number of halogens is 1. The number of hydrogen-bond donors (Lipinski definition) is 2. The van der Waals surface area contributed by atoms with Crippen molar-refractivity contribution < 1.29 is 24.3 Å². The van der Waals surface area contributed by atoms with Gasteiger partial charge in [-0.15, -0.1) is 0 Å². The van der Waals surface area contributed by atoms with E-state index >= 15 is 0 Å². The number of carbonyl (C=O) groups is 4. The number of piperazine rings is 1. The lowest BCUT2D eigenvalue weighted by molar-refractivity contribution is -0.139. The van der Waals surface area contributed by atoms with Crippen molar-refractivity contribution in [3.8, 4) is 5.75 Å². The number of amides is 4. The second-order valence-corrected chi connectivity index (χ2v) is 9.71. The van der Waals surface area contributed by atoms with Crippen LogP contribution in [0.3, 0.4) is 0 Å². The standard InChI is InChI=1S/C29H29ClN4O5/c1-32(23-12-10-22(30)11-13-23)29(39)25(16-20-6-3-2-4-7-20)31-26(36)18-33-14-15-34(19-27(33)37)28(38)21-8-5-9-24(35)17-21/h2-13,17,25,35H,14-16,18-19H2,1H3,(H,31,36). The van der Waals surface area contributed by atoms with Crippen molar-refractivity contribution in [1.29, 1.82) is 0 Å². The predicted molar refractivity (Wildman–Crippen MR) is 148 cm³/mol. The van der Waals surface area contributed by atoms with Crippen molar-refractivity contribution in [3.63, 3.8) is 0 Å². The minimum Gasteiger partial charge on any atom is -0.508 e. The van der Waals surface area contributed by atoms with Crippen LogP contribution in [0.2, 0.25) is 5.02 Å². The van der Waals surface area contributed by atoms with Crippen LogP contribution in [-0.2, 0) is 20.8 Å². The first-order valence-electron chi connectivity index (χ1n) is 12.4. The summed E-state index contributed by atoms with van der Waals surface area (Å²) in [4.78, 5) is 56.2. The van der Waals surface area contributed by atoms with E-state index in [1.54, 1.807) is 43.4 Å². The van der Waals surface area contributed by atoms with Gasteiger partial charge in [0, 0.05) is 42.8 Å². The van der Waals surface area contributed by atoms with E-state index in [2.05, 4.69) is 5.32 Å². The molecule has 0 aromatic heterocycles. The number of phenolic OH excluding ortho intramolecular Hbond substituents is 1. The van der Waals surface area contributed by atoms with E-state index in [9.17, 15) is 24.3 Å². The van der Waals surface area contributed by atoms with Crippen LogP contribution in [0.25, 0.3) is 0 Å². The average Bonchev–Trinajstić information content (AvgIpc) is 2.93. The van der Waals surface area contributed by atoms with Crippen molar-refractivity contribution >= 4 is 40.9 Å². The zero-order valence-electron chi connectivity index (χ0n) is 21.4. The number of anilines is 1. The summed E-state index contributed by atoms with van der Waals surface area (Å²) in [5, 5.41) is 13.0. The highest BCUT2D eigenvalue weighted by atomic mass is 35.5. The topological polar surface area (TPSA) is 110 Å². The molecule has 1 aliphatic rings. The van der Waals surface area contributed by atoms with Crippen molar-refractivity contribution in [2.45, 2.75) is 12.5 Å². The van der Waals surface area contributed by atoms with Crippen LogP contribution in [0, 0.1) is 0 Å². The molecule has 4 amide bonds. The fourth-order valence-electron chi connectivity index (χ4n) is 4.36. The highest BCUT2D eigenvalue weighted by molar-refractivity contribution is 6.30. The molecule has 1 aliphatic heterocycles. The second-order valence-electron chi connectivity index (χ2n) is 9.28. The van der Waals surface area contributed by atoms with Crippen molar-refractivity contribution in [3.05, 3.63) is 95.0 Å². The molecular weight excluding hydrogens is 520 g/mol. The Labute approximate surface area is 231 Å². The summed E-state index contributed by atoms with van der Waals surface area (Å²) >= 11 is 5.98. The molecule has 1 saturated heterocycles. The molecule has 0 bridgehead atoms. The van der Waals surface area contributed by atoms with E-state index in [-0.39, 0.29) is 61.6 Å². The Morgan fingerprint density at radius 2 is 1.72 bits per heavy atom. The van der Waals surface area contributed by atoms with Gasteiger partial charge in [-0.2, -0.15) is 0 Å². The number of hydrogen-bond acceptors (Lipinski definition) is 5. The lowest BCUT2D eigenvalue weighted by Crippen LogP contribution is -2.56. The summed E-state index contributed by atoms with van der Waals surface area (Å²) < 4.78 is 0. The Bertz CT molecular complexity index is 1350. The molecule has 9 nitrogen and oxygen atoms in total. The molecule has 3 aromatic carbocycles. The van der Waals surface area contributed by atoms with E-state index in [1.165, 1.54) is 26.8 Å². The monoisotopic (exact) mass is 548 g/mol. The maximum Gasteiger partial charge on any atom is 0.254 e. The first-order valence-corrected chi connectivity index (χ1v) is 12.8. The molecule has 1 atom stereocenters. The molecule has 1 heterocycles. The van der Waals surface area contributed by atoms with E-state index in [4.69, 9.17) is 11.6 Å². The van der Waals surface area contributed by atoms with Gasteiger partial charge in [0.15, 0.2) is 0 Å². The maximum atomic E-state index is 13.4. The molecule has 202 valence electrons. The third-order valence-corrected chi connectivity index (χ3v) is 6.75. The van der Waals surface area contributed by atoms with Gasteiger partial charge < -0.3 is 25.1 Å². The Hall–Kier alpha value is -4.37. The molecule has 0 spiro atoms. The number of likely N-dealkylation sites (N-methyl/N-ethyl adjacent to an activating group) is 1. The average molecular weight is 549 g/mol. The number of aromatic hydroxyl groups is 1. The highest BCUT2D eigenvalue weighted by Crippen LogP contribution is 2.19. The summed E-state index contributed by atoms with van der Waals surface area (Å²) in [5.74, 6) is -1.59. The quantitative estimate of drug-likeness (QED) is 0.450. The van der Waals surface area contributed by atoms with Crippen LogP contribution in [0.5, 0.6) is 5.75 Å². The minimum atomic E-state index is -0.871. The SMILES string of the molecule is CN(C(=O)C(Cc1ccccc1)NC(=O)CN1CCN(C(=O)c2cccc(O)c2)CC1=O)c1ccc(Cl)cc1. The zero-order chi connectivity index (χ0) is 27.9. The van der Waals surface area contributed by atoms with Crippen LogP contribution in [0.15, 0.2) is 78.9 Å². The van der Waals surface area contributed by atoms with Crippen molar-refractivity contribution in [2.75, 3.05) is 38.1 Å². The van der Waals surface area contributed by atoms with Crippen LogP contribution >= 0.6 is 11.6 Å². The molecule has 10 heteroatoms. The summed E-state index contributed by atoms with van der Waals surface area (Å²) in [6, 6.07) is 21.2. The van der Waals surface area contributed by atoms with E-state index in [0.717, 1.165) is 5.56 Å². The Morgan fingerprint density at radius 3 is 2.38 bits per heavy atom. The van der Waals surface area contributed by atoms with Gasteiger partial charge in [0.2, 0.25) is 17.7 Å². The molecule has 0 aliphatic carbocycles. The number of carbonyl (C=O) groups excluding carboxylic acids is 4. The lowest BCUT2D eigenvalue weighted by atomic mass is 10.0. The lowest BCUT2D eigenvalue weighted by Gasteiger charge is -2.34. The van der Waals surface area contributed by atoms with Gasteiger partial charge in [-0.25, -0.2) is 0 Å². The van der Waals surface area contributed by atoms with Crippen LogP contribution in [0.4, 0.5) is 5.69 Å². The van der Waals surface area contributed by atoms with E-state index in [0.29, 0.717) is 10.7 Å². The van der Waals surface area contributed by atoms with Crippen molar-refractivity contribution in [1.82, 2.24) is 15.1 Å². The Balaban J connectivity index is 1.40. The molecule has 1 fully saturated rings. The summed E-state index contributed by atoms with van der Waals surface area (Å²) in [6.07, 6.45) is 0.267. The van der Waals surface area contributed by atoms with Gasteiger partial charge in [-0.3, -0.25) is 19.2 Å². The third kappa shape index (κ3) is 7.14. The molecule has 39 heavy (non-hydrogen) atoms. The Morgan fingerprint density at radius 1 is 1.00 bits per heavy atom. The number of nitrogens with one attached hydrogen (secondary N) is 1. The first-order chi connectivity index (χ1) is 18.7. The summed E-state index contributed by atoms with van der Waals surface area (Å²) in [5.41, 5.74) is 1.77. The molecule has 1 unspecified atom stereocenters. The van der Waals surface area contributed by atoms with Crippen molar-refractivity contribution in [2.24, 2.45) is 0 Å². The number of benzene rings is 3. The zero-order valence-corrected chi connectivity index (χ0v) is 22.2. The maximum absolute atomic E-state index is 13.4. The molecule has 2 N–H and O–H groups in total. The smallest absolute Gasteiger partial charge is 0.254 e. The third-order valence-electron chi connectivity index (χ3n) is 6.49. The van der Waals surface area contributed by atoms with Gasteiger partial charge in [-0.1, -0.05) is 48.0 Å². The van der Waals surface area contributed by atoms with Crippen LogP contribution in [-0.4, -0.2) is 77.8 Å². The minimum absolute atomic E-state index is 0.0382. The molecular formula is C29H29ClN4O5. The normalized spacial score (nSPS) is 14.1. The van der Waals surface area contributed by atoms with Gasteiger partial charge in [-0.05, 0) is 48.0 Å². The first kappa shape index (κ1) is 27.7. The van der Waals surface area contributed by atoms with Crippen LogP contribution in [0.1, 0.15) is 15.9 Å².